The third kappa shape index (κ3) is 2.07. The van der Waals surface area contributed by atoms with Gasteiger partial charge in [0, 0.05) is 33.3 Å². The van der Waals surface area contributed by atoms with Gasteiger partial charge in [0.2, 0.25) is 0 Å². The second-order valence-electron chi connectivity index (χ2n) is 4.57. The van der Waals surface area contributed by atoms with E-state index in [1.165, 1.54) is 11.4 Å². The van der Waals surface area contributed by atoms with E-state index in [-0.39, 0.29) is 0 Å². The molecule has 5 nitrogen and oxygen atoms in total. The molecule has 0 atom stereocenters. The van der Waals surface area contributed by atoms with E-state index in [1.807, 2.05) is 13.1 Å². The molecule has 0 radical (unpaired) electrons. The number of rotatable bonds is 2. The molecule has 1 N–H and O–H groups in total. The molecule has 1 aromatic carbocycles. The molecule has 0 spiro atoms. The zero-order valence-corrected chi connectivity index (χ0v) is 11.2. The van der Waals surface area contributed by atoms with Crippen molar-refractivity contribution < 1.29 is 0 Å². The number of para-hydroxylation sites is 2. The van der Waals surface area contributed by atoms with Crippen molar-refractivity contribution in [2.45, 2.75) is 0 Å². The van der Waals surface area contributed by atoms with Gasteiger partial charge in [0.25, 0.3) is 0 Å². The van der Waals surface area contributed by atoms with Crippen molar-refractivity contribution in [2.24, 2.45) is 0 Å². The Bertz CT molecular complexity index is 584. The zero-order valence-electron chi connectivity index (χ0n) is 11.2. The third-order valence-corrected chi connectivity index (χ3v) is 3.43. The van der Waals surface area contributed by atoms with Crippen molar-refractivity contribution in [1.82, 2.24) is 9.97 Å². The second-order valence-corrected chi connectivity index (χ2v) is 4.57. The summed E-state index contributed by atoms with van der Waals surface area (Å²) in [6, 6.07) is 10.4. The number of likely N-dealkylation sites (N-methyl/N-ethyl adjacent to an activating group) is 1. The molecule has 3 rings (SSSR count). The molecule has 2 heterocycles. The van der Waals surface area contributed by atoms with Crippen LogP contribution in [0.25, 0.3) is 0 Å². The molecular formula is C14H17N5. The smallest absolute Gasteiger partial charge is 0.138 e. The van der Waals surface area contributed by atoms with Crippen LogP contribution in [0.1, 0.15) is 0 Å². The van der Waals surface area contributed by atoms with Crippen molar-refractivity contribution in [3.05, 3.63) is 36.7 Å². The van der Waals surface area contributed by atoms with E-state index in [9.17, 15) is 0 Å². The number of benzene rings is 1. The average molecular weight is 255 g/mol. The summed E-state index contributed by atoms with van der Waals surface area (Å²) in [6.07, 6.45) is 1.60. The lowest BCUT2D eigenvalue weighted by Gasteiger charge is -2.36. The summed E-state index contributed by atoms with van der Waals surface area (Å²) in [7, 11) is 3.99. The van der Waals surface area contributed by atoms with Gasteiger partial charge >= 0.3 is 0 Å². The van der Waals surface area contributed by atoms with Gasteiger partial charge in [-0.05, 0) is 12.1 Å². The van der Waals surface area contributed by atoms with Gasteiger partial charge in [-0.1, -0.05) is 12.1 Å². The maximum absolute atomic E-state index is 4.39. The average Bonchev–Trinajstić information content (AvgIpc) is 2.48. The van der Waals surface area contributed by atoms with Gasteiger partial charge in [-0.2, -0.15) is 0 Å². The summed E-state index contributed by atoms with van der Waals surface area (Å²) < 4.78 is 0. The molecule has 1 aromatic heterocycles. The molecular weight excluding hydrogens is 238 g/mol. The van der Waals surface area contributed by atoms with Crippen LogP contribution in [0.4, 0.5) is 23.0 Å². The predicted molar refractivity (Wildman–Crippen MR) is 78.3 cm³/mol. The van der Waals surface area contributed by atoms with Crippen molar-refractivity contribution in [2.75, 3.05) is 42.3 Å². The standard InChI is InChI=1S/C14H17N5/c1-15-13-9-14(17-10-16-13)19-8-7-18(2)11-5-3-4-6-12(11)19/h3-6,9-10H,7-8H2,1-2H3,(H,15,16,17). The fourth-order valence-electron chi connectivity index (χ4n) is 2.38. The lowest BCUT2D eigenvalue weighted by atomic mass is 10.1. The maximum atomic E-state index is 4.39. The first-order chi connectivity index (χ1) is 9.29. The highest BCUT2D eigenvalue weighted by Gasteiger charge is 2.21. The Balaban J connectivity index is 2.04. The summed E-state index contributed by atoms with van der Waals surface area (Å²) >= 11 is 0. The normalized spacial score (nSPS) is 14.2. The lowest BCUT2D eigenvalue weighted by Crippen LogP contribution is -2.36. The van der Waals surface area contributed by atoms with Gasteiger partial charge in [0.15, 0.2) is 0 Å². The minimum Gasteiger partial charge on any atom is -0.373 e. The summed E-state index contributed by atoms with van der Waals surface area (Å²) in [5, 5.41) is 3.05. The van der Waals surface area contributed by atoms with Gasteiger partial charge in [0.1, 0.15) is 18.0 Å². The summed E-state index contributed by atoms with van der Waals surface area (Å²) in [6.45, 7) is 1.91. The van der Waals surface area contributed by atoms with Gasteiger partial charge < -0.3 is 15.1 Å². The molecule has 1 aliphatic rings. The van der Waals surface area contributed by atoms with E-state index in [1.54, 1.807) is 6.33 Å². The Morgan fingerprint density at radius 1 is 1.11 bits per heavy atom. The quantitative estimate of drug-likeness (QED) is 0.890. The van der Waals surface area contributed by atoms with E-state index in [0.717, 1.165) is 24.7 Å². The van der Waals surface area contributed by atoms with Crippen molar-refractivity contribution in [1.29, 1.82) is 0 Å². The first-order valence-electron chi connectivity index (χ1n) is 6.37. The van der Waals surface area contributed by atoms with Crippen LogP contribution in [0, 0.1) is 0 Å². The SMILES string of the molecule is CNc1cc(N2CCN(C)c3ccccc32)ncn1. The van der Waals surface area contributed by atoms with Gasteiger partial charge in [-0.25, -0.2) is 9.97 Å². The Morgan fingerprint density at radius 2 is 1.89 bits per heavy atom. The Hall–Kier alpha value is -2.30. The van der Waals surface area contributed by atoms with Crippen LogP contribution >= 0.6 is 0 Å². The molecule has 0 aliphatic carbocycles. The summed E-state index contributed by atoms with van der Waals surface area (Å²) in [5.41, 5.74) is 2.43. The molecule has 0 unspecified atom stereocenters. The predicted octanol–water partition coefficient (Wildman–Crippen LogP) is 2.11. The Labute approximate surface area is 112 Å². The molecule has 0 fully saturated rings. The first kappa shape index (κ1) is 11.8. The van der Waals surface area contributed by atoms with Crippen LogP contribution in [-0.4, -0.2) is 37.2 Å². The number of hydrogen-bond donors (Lipinski definition) is 1. The van der Waals surface area contributed by atoms with E-state index < -0.39 is 0 Å². The number of anilines is 4. The van der Waals surface area contributed by atoms with Crippen LogP contribution in [0.5, 0.6) is 0 Å². The molecule has 1 aliphatic heterocycles. The molecule has 98 valence electrons. The molecule has 0 bridgehead atoms. The number of aromatic nitrogens is 2. The van der Waals surface area contributed by atoms with Gasteiger partial charge in [-0.3, -0.25) is 0 Å². The fraction of sp³-hybridized carbons (Fsp3) is 0.286. The van der Waals surface area contributed by atoms with Crippen LogP contribution in [-0.2, 0) is 0 Å². The highest BCUT2D eigenvalue weighted by atomic mass is 15.3. The lowest BCUT2D eigenvalue weighted by molar-refractivity contribution is 0.812. The van der Waals surface area contributed by atoms with Gasteiger partial charge in [-0.15, -0.1) is 0 Å². The van der Waals surface area contributed by atoms with E-state index in [4.69, 9.17) is 0 Å². The minimum absolute atomic E-state index is 0.835. The first-order valence-corrected chi connectivity index (χ1v) is 6.37. The monoisotopic (exact) mass is 255 g/mol. The Morgan fingerprint density at radius 3 is 2.68 bits per heavy atom. The molecule has 2 aromatic rings. The molecule has 0 amide bonds. The van der Waals surface area contributed by atoms with Crippen molar-refractivity contribution >= 4 is 23.0 Å². The Kier molecular flexibility index (Phi) is 2.95. The topological polar surface area (TPSA) is 44.3 Å². The third-order valence-electron chi connectivity index (χ3n) is 3.43. The number of nitrogens with one attached hydrogen (secondary N) is 1. The molecule has 5 heteroatoms. The maximum Gasteiger partial charge on any atom is 0.138 e. The molecule has 0 saturated carbocycles. The van der Waals surface area contributed by atoms with E-state index in [0.29, 0.717) is 0 Å². The van der Waals surface area contributed by atoms with E-state index >= 15 is 0 Å². The highest BCUT2D eigenvalue weighted by Crippen LogP contribution is 2.36. The van der Waals surface area contributed by atoms with Crippen molar-refractivity contribution in [3.8, 4) is 0 Å². The summed E-state index contributed by atoms with van der Waals surface area (Å²) in [5.74, 6) is 1.77. The molecule has 0 saturated heterocycles. The van der Waals surface area contributed by atoms with Crippen LogP contribution in [0.3, 0.4) is 0 Å². The second kappa shape index (κ2) is 4.76. The van der Waals surface area contributed by atoms with Crippen molar-refractivity contribution in [3.63, 3.8) is 0 Å². The largest absolute Gasteiger partial charge is 0.373 e. The van der Waals surface area contributed by atoms with Crippen LogP contribution in [0.15, 0.2) is 36.7 Å². The number of hydrogen-bond acceptors (Lipinski definition) is 5. The van der Waals surface area contributed by atoms with Crippen LogP contribution in [0.2, 0.25) is 0 Å². The number of nitrogens with zero attached hydrogens (tertiary/aromatic N) is 4. The minimum atomic E-state index is 0.835. The van der Waals surface area contributed by atoms with Crippen LogP contribution < -0.4 is 15.1 Å². The number of fused-ring (bicyclic) bond motifs is 1. The summed E-state index contributed by atoms with van der Waals surface area (Å²) in [4.78, 5) is 13.1. The highest BCUT2D eigenvalue weighted by molar-refractivity contribution is 5.78. The fourth-order valence-corrected chi connectivity index (χ4v) is 2.38. The van der Waals surface area contributed by atoms with Gasteiger partial charge in [0.05, 0.1) is 11.4 Å². The molecule has 19 heavy (non-hydrogen) atoms. The zero-order chi connectivity index (χ0) is 13.2. The van der Waals surface area contributed by atoms with E-state index in [2.05, 4.69) is 56.4 Å².